The summed E-state index contributed by atoms with van der Waals surface area (Å²) in [7, 11) is -3.21. The Morgan fingerprint density at radius 1 is 1.22 bits per heavy atom. The Morgan fingerprint density at radius 3 is 2.59 bits per heavy atom. The fraction of sp³-hybridized carbons (Fsp3) is 0.263. The first-order chi connectivity index (χ1) is 12.9. The van der Waals surface area contributed by atoms with Gasteiger partial charge in [0.05, 0.1) is 11.2 Å². The molecule has 7 nitrogen and oxygen atoms in total. The van der Waals surface area contributed by atoms with Crippen molar-refractivity contribution < 1.29 is 17.6 Å². The van der Waals surface area contributed by atoms with Crippen molar-refractivity contribution in [3.8, 4) is 0 Å². The lowest BCUT2D eigenvalue weighted by molar-refractivity contribution is -0.121. The highest BCUT2D eigenvalue weighted by atomic mass is 32.2. The number of amides is 1. The lowest BCUT2D eigenvalue weighted by Crippen LogP contribution is -2.31. The summed E-state index contributed by atoms with van der Waals surface area (Å²) in [6, 6.07) is 11.8. The van der Waals surface area contributed by atoms with E-state index in [1.165, 1.54) is 6.26 Å². The number of hydrogen-bond acceptors (Lipinski definition) is 5. The second-order valence-corrected chi connectivity index (χ2v) is 8.25. The van der Waals surface area contributed by atoms with Gasteiger partial charge in [0.2, 0.25) is 5.91 Å². The molecule has 0 aliphatic rings. The van der Waals surface area contributed by atoms with Gasteiger partial charge in [-0.05, 0) is 42.3 Å². The minimum atomic E-state index is -3.21. The fourth-order valence-corrected chi connectivity index (χ4v) is 3.36. The Balaban J connectivity index is 1.54. The fourth-order valence-electron chi connectivity index (χ4n) is 2.73. The van der Waals surface area contributed by atoms with Crippen LogP contribution in [0.4, 0.5) is 0 Å². The molecule has 1 unspecified atom stereocenters. The monoisotopic (exact) mass is 387 g/mol. The van der Waals surface area contributed by atoms with E-state index in [9.17, 15) is 13.2 Å². The molecule has 0 fully saturated rings. The number of furan rings is 1. The van der Waals surface area contributed by atoms with E-state index in [1.807, 2.05) is 18.3 Å². The molecule has 0 spiro atoms. The number of nitrogens with zero attached hydrogens (tertiary/aromatic N) is 2. The highest BCUT2D eigenvalue weighted by Gasteiger charge is 2.18. The van der Waals surface area contributed by atoms with Crippen LogP contribution in [-0.4, -0.2) is 36.9 Å². The van der Waals surface area contributed by atoms with Gasteiger partial charge in [0.1, 0.15) is 11.8 Å². The predicted octanol–water partition coefficient (Wildman–Crippen LogP) is 2.22. The summed E-state index contributed by atoms with van der Waals surface area (Å²) in [4.78, 5) is 12.5. The summed E-state index contributed by atoms with van der Waals surface area (Å²) in [5.41, 5.74) is 0.909. The first-order valence-corrected chi connectivity index (χ1v) is 10.4. The van der Waals surface area contributed by atoms with Gasteiger partial charge in [-0.2, -0.15) is 5.10 Å². The maximum atomic E-state index is 12.2. The van der Waals surface area contributed by atoms with E-state index in [0.29, 0.717) is 19.4 Å². The topological polar surface area (TPSA) is 94.2 Å². The van der Waals surface area contributed by atoms with Gasteiger partial charge in [-0.15, -0.1) is 0 Å². The Morgan fingerprint density at radius 2 is 2.00 bits per heavy atom. The van der Waals surface area contributed by atoms with Gasteiger partial charge in [-0.25, -0.2) is 8.42 Å². The molecule has 0 aliphatic heterocycles. The number of benzene rings is 1. The van der Waals surface area contributed by atoms with Crippen molar-refractivity contribution in [1.82, 2.24) is 15.1 Å². The average Bonchev–Trinajstić information content (AvgIpc) is 3.34. The summed E-state index contributed by atoms with van der Waals surface area (Å²) in [6.07, 6.45) is 7.10. The number of aryl methyl sites for hydroxylation is 1. The van der Waals surface area contributed by atoms with Gasteiger partial charge in [0, 0.05) is 31.6 Å². The molecule has 2 aromatic heterocycles. The molecule has 1 atom stereocenters. The lowest BCUT2D eigenvalue weighted by atomic mass is 10.1. The van der Waals surface area contributed by atoms with E-state index < -0.39 is 9.84 Å². The minimum Gasteiger partial charge on any atom is -0.467 e. The second kappa shape index (κ2) is 8.22. The third kappa shape index (κ3) is 5.07. The van der Waals surface area contributed by atoms with Gasteiger partial charge < -0.3 is 9.73 Å². The van der Waals surface area contributed by atoms with E-state index in [0.717, 1.165) is 11.3 Å². The quantitative estimate of drug-likeness (QED) is 0.640. The van der Waals surface area contributed by atoms with Crippen LogP contribution in [0.3, 0.4) is 0 Å². The smallest absolute Gasteiger partial charge is 0.220 e. The summed E-state index contributed by atoms with van der Waals surface area (Å²) in [6.45, 7) is 0.362. The van der Waals surface area contributed by atoms with E-state index >= 15 is 0 Å². The van der Waals surface area contributed by atoms with Crippen LogP contribution < -0.4 is 5.32 Å². The van der Waals surface area contributed by atoms with E-state index in [2.05, 4.69) is 10.4 Å². The molecule has 0 saturated heterocycles. The Labute approximate surface area is 157 Å². The van der Waals surface area contributed by atoms with Crippen molar-refractivity contribution in [2.75, 3.05) is 12.8 Å². The highest BCUT2D eigenvalue weighted by Crippen LogP contribution is 2.17. The molecule has 0 radical (unpaired) electrons. The second-order valence-electron chi connectivity index (χ2n) is 6.24. The van der Waals surface area contributed by atoms with E-state index in [1.54, 1.807) is 47.5 Å². The third-order valence-electron chi connectivity index (χ3n) is 4.20. The zero-order valence-electron chi connectivity index (χ0n) is 14.9. The maximum absolute atomic E-state index is 12.2. The van der Waals surface area contributed by atoms with Crippen molar-refractivity contribution in [2.45, 2.75) is 23.8 Å². The van der Waals surface area contributed by atoms with Gasteiger partial charge in [-0.3, -0.25) is 9.48 Å². The highest BCUT2D eigenvalue weighted by molar-refractivity contribution is 7.90. The van der Waals surface area contributed by atoms with Crippen molar-refractivity contribution in [1.29, 1.82) is 0 Å². The molecule has 3 aromatic rings. The standard InChI is InChI=1S/C19H21N3O4S/c1-27(24,25)16-8-5-15(6-9-16)7-10-19(23)20-14-17(18-4-2-13-26-18)22-12-3-11-21-22/h2-6,8-9,11-13,17H,7,10,14H2,1H3,(H,20,23). The Kier molecular flexibility index (Phi) is 5.75. The lowest BCUT2D eigenvalue weighted by Gasteiger charge is -2.16. The number of aromatic nitrogens is 2. The van der Waals surface area contributed by atoms with Crippen LogP contribution in [0.5, 0.6) is 0 Å². The molecule has 3 rings (SSSR count). The van der Waals surface area contributed by atoms with Crippen LogP contribution in [0.25, 0.3) is 0 Å². The van der Waals surface area contributed by atoms with Gasteiger partial charge >= 0.3 is 0 Å². The van der Waals surface area contributed by atoms with Crippen LogP contribution >= 0.6 is 0 Å². The van der Waals surface area contributed by atoms with Crippen molar-refractivity contribution >= 4 is 15.7 Å². The molecule has 142 valence electrons. The van der Waals surface area contributed by atoms with Crippen LogP contribution in [0, 0.1) is 0 Å². The van der Waals surface area contributed by atoms with Crippen LogP contribution in [0.15, 0.2) is 70.4 Å². The maximum Gasteiger partial charge on any atom is 0.220 e. The number of hydrogen-bond donors (Lipinski definition) is 1. The molecule has 0 saturated carbocycles. The zero-order valence-corrected chi connectivity index (χ0v) is 15.7. The first-order valence-electron chi connectivity index (χ1n) is 8.52. The van der Waals surface area contributed by atoms with Crippen LogP contribution in [0.1, 0.15) is 23.8 Å². The molecular formula is C19H21N3O4S. The molecular weight excluding hydrogens is 366 g/mol. The van der Waals surface area contributed by atoms with Gasteiger partial charge in [0.25, 0.3) is 0 Å². The molecule has 1 aromatic carbocycles. The number of sulfone groups is 1. The minimum absolute atomic E-state index is 0.0918. The summed E-state index contributed by atoms with van der Waals surface area (Å²) >= 11 is 0. The summed E-state index contributed by atoms with van der Waals surface area (Å²) in [5, 5.41) is 7.14. The van der Waals surface area contributed by atoms with E-state index in [4.69, 9.17) is 4.42 Å². The van der Waals surface area contributed by atoms with Crippen LogP contribution in [0.2, 0.25) is 0 Å². The van der Waals surface area contributed by atoms with Crippen molar-refractivity contribution in [3.63, 3.8) is 0 Å². The largest absolute Gasteiger partial charge is 0.467 e. The normalized spacial score (nSPS) is 12.6. The van der Waals surface area contributed by atoms with Gasteiger partial charge in [0.15, 0.2) is 9.84 Å². The predicted molar refractivity (Wildman–Crippen MR) is 100.0 cm³/mol. The molecule has 1 amide bonds. The summed E-state index contributed by atoms with van der Waals surface area (Å²) < 4.78 is 30.1. The van der Waals surface area contributed by atoms with E-state index in [-0.39, 0.29) is 16.8 Å². The van der Waals surface area contributed by atoms with Gasteiger partial charge in [-0.1, -0.05) is 12.1 Å². The SMILES string of the molecule is CS(=O)(=O)c1ccc(CCC(=O)NCC(c2ccco2)n2cccn2)cc1. The Hall–Kier alpha value is -2.87. The Bertz CT molecular complexity index is 928. The van der Waals surface area contributed by atoms with Crippen molar-refractivity contribution in [2.24, 2.45) is 0 Å². The van der Waals surface area contributed by atoms with Crippen LogP contribution in [-0.2, 0) is 21.1 Å². The zero-order chi connectivity index (χ0) is 19.3. The first kappa shape index (κ1) is 18.9. The number of carbonyl (C=O) groups is 1. The third-order valence-corrected chi connectivity index (χ3v) is 5.33. The molecule has 1 N–H and O–H groups in total. The molecule has 27 heavy (non-hydrogen) atoms. The number of rotatable bonds is 8. The number of nitrogens with one attached hydrogen (secondary N) is 1. The summed E-state index contributed by atoms with van der Waals surface area (Å²) in [5.74, 6) is 0.626. The molecule has 2 heterocycles. The average molecular weight is 387 g/mol. The molecule has 0 bridgehead atoms. The van der Waals surface area contributed by atoms with Crippen molar-refractivity contribution in [3.05, 3.63) is 72.4 Å². The number of carbonyl (C=O) groups excluding carboxylic acids is 1. The molecule has 8 heteroatoms. The molecule has 0 aliphatic carbocycles.